The van der Waals surface area contributed by atoms with E-state index in [0.29, 0.717) is 51.0 Å². The molecule has 1 aliphatic heterocycles. The van der Waals surface area contributed by atoms with Crippen molar-refractivity contribution >= 4 is 57.1 Å². The van der Waals surface area contributed by atoms with E-state index in [4.69, 9.17) is 21.1 Å². The van der Waals surface area contributed by atoms with Crippen LogP contribution in [0.5, 0.6) is 11.5 Å². The normalized spacial score (nSPS) is 14.7. The van der Waals surface area contributed by atoms with Gasteiger partial charge in [0.15, 0.2) is 11.5 Å². The number of amides is 4. The first-order valence-electron chi connectivity index (χ1n) is 11.1. The largest absolute Gasteiger partial charge is 0.490 e. The van der Waals surface area contributed by atoms with Crippen molar-refractivity contribution in [1.29, 1.82) is 0 Å². The lowest BCUT2D eigenvalue weighted by Gasteiger charge is -2.27. The van der Waals surface area contributed by atoms with E-state index in [1.54, 1.807) is 37.3 Å². The van der Waals surface area contributed by atoms with Crippen molar-refractivity contribution in [2.75, 3.05) is 11.5 Å². The molecule has 0 spiro atoms. The monoisotopic (exact) mass is 568 g/mol. The van der Waals surface area contributed by atoms with Gasteiger partial charge >= 0.3 is 6.03 Å². The van der Waals surface area contributed by atoms with Crippen LogP contribution in [0.1, 0.15) is 23.6 Å². The highest BCUT2D eigenvalue weighted by atomic mass is 79.9. The van der Waals surface area contributed by atoms with Gasteiger partial charge in [-0.2, -0.15) is 0 Å². The number of carbonyl (C=O) groups excluding carboxylic acids is 3. The summed E-state index contributed by atoms with van der Waals surface area (Å²) in [5, 5.41) is 2.62. The zero-order valence-electron chi connectivity index (χ0n) is 19.5. The van der Waals surface area contributed by atoms with Crippen LogP contribution >= 0.6 is 27.5 Å². The van der Waals surface area contributed by atoms with E-state index < -0.39 is 17.8 Å². The van der Waals surface area contributed by atoms with Gasteiger partial charge in [0.1, 0.15) is 12.2 Å². The molecule has 9 heteroatoms. The van der Waals surface area contributed by atoms with Crippen LogP contribution in [0.3, 0.4) is 0 Å². The molecule has 1 N–H and O–H groups in total. The second-order valence-electron chi connectivity index (χ2n) is 7.88. The molecule has 1 aliphatic rings. The third kappa shape index (κ3) is 5.29. The number of benzene rings is 3. The van der Waals surface area contributed by atoms with E-state index >= 15 is 0 Å². The highest BCUT2D eigenvalue weighted by Crippen LogP contribution is 2.38. The Morgan fingerprint density at radius 2 is 1.78 bits per heavy atom. The van der Waals surface area contributed by atoms with E-state index in [0.717, 1.165) is 10.5 Å². The van der Waals surface area contributed by atoms with Gasteiger partial charge in [0.2, 0.25) is 0 Å². The smallest absolute Gasteiger partial charge is 0.335 e. The van der Waals surface area contributed by atoms with Crippen molar-refractivity contribution in [1.82, 2.24) is 5.32 Å². The summed E-state index contributed by atoms with van der Waals surface area (Å²) >= 11 is 9.70. The van der Waals surface area contributed by atoms with Gasteiger partial charge in [0.05, 0.1) is 16.8 Å². The van der Waals surface area contributed by atoms with E-state index in [-0.39, 0.29) is 5.57 Å². The van der Waals surface area contributed by atoms with Gasteiger partial charge in [-0.25, -0.2) is 9.69 Å². The molecule has 1 heterocycles. The molecule has 0 saturated carbocycles. The van der Waals surface area contributed by atoms with Crippen LogP contribution in [0.15, 0.2) is 70.7 Å². The molecule has 36 heavy (non-hydrogen) atoms. The first-order valence-corrected chi connectivity index (χ1v) is 12.3. The Morgan fingerprint density at radius 3 is 2.50 bits per heavy atom. The van der Waals surface area contributed by atoms with Gasteiger partial charge < -0.3 is 9.47 Å². The first-order chi connectivity index (χ1) is 17.3. The summed E-state index contributed by atoms with van der Waals surface area (Å²) in [4.78, 5) is 39.4. The lowest BCUT2D eigenvalue weighted by molar-refractivity contribution is -0.122. The Morgan fingerprint density at radius 1 is 1.03 bits per heavy atom. The van der Waals surface area contributed by atoms with E-state index in [2.05, 4.69) is 21.2 Å². The minimum atomic E-state index is -0.839. The Hall–Kier alpha value is -3.62. The third-order valence-corrected chi connectivity index (χ3v) is 6.45. The summed E-state index contributed by atoms with van der Waals surface area (Å²) < 4.78 is 12.4. The Kier molecular flexibility index (Phi) is 7.76. The van der Waals surface area contributed by atoms with Gasteiger partial charge in [0, 0.05) is 5.02 Å². The number of nitrogens with one attached hydrogen (secondary N) is 1. The van der Waals surface area contributed by atoms with Crippen molar-refractivity contribution in [3.63, 3.8) is 0 Å². The van der Waals surface area contributed by atoms with E-state index in [9.17, 15) is 14.4 Å². The molecule has 184 valence electrons. The maximum absolute atomic E-state index is 13.3. The highest BCUT2D eigenvalue weighted by molar-refractivity contribution is 9.10. The van der Waals surface area contributed by atoms with E-state index in [1.807, 2.05) is 37.3 Å². The number of hydrogen-bond acceptors (Lipinski definition) is 5. The molecule has 1 saturated heterocycles. The lowest BCUT2D eigenvalue weighted by atomic mass is 10.1. The number of rotatable bonds is 7. The zero-order valence-corrected chi connectivity index (χ0v) is 21.9. The molecule has 0 aromatic heterocycles. The summed E-state index contributed by atoms with van der Waals surface area (Å²) in [6, 6.07) is 17.1. The number of barbiturate groups is 1. The fourth-order valence-corrected chi connectivity index (χ4v) is 4.43. The average molecular weight is 570 g/mol. The molecule has 7 nitrogen and oxygen atoms in total. The standard InChI is InChI=1S/C27H22BrClN2O5/c1-3-35-23-14-18(13-20(28)24(23)36-15-17-8-5-4-6-9-17)12-19-25(32)30-27(34)31(26(19)33)22-11-7-10-21(29)16(22)2/h4-14H,3,15H2,1-2H3,(H,30,32,34)/b19-12+. The predicted octanol–water partition coefficient (Wildman–Crippen LogP) is 6.06. The lowest BCUT2D eigenvalue weighted by Crippen LogP contribution is -2.54. The van der Waals surface area contributed by atoms with E-state index in [1.165, 1.54) is 6.08 Å². The molecule has 3 aromatic carbocycles. The van der Waals surface area contributed by atoms with Crippen LogP contribution in [0, 0.1) is 6.92 Å². The fourth-order valence-electron chi connectivity index (χ4n) is 3.69. The van der Waals surface area contributed by atoms with Crippen molar-refractivity contribution in [2.24, 2.45) is 0 Å². The van der Waals surface area contributed by atoms with Gasteiger partial charge in [-0.15, -0.1) is 0 Å². The second-order valence-corrected chi connectivity index (χ2v) is 9.14. The number of halogens is 2. The van der Waals surface area contributed by atoms with Gasteiger partial charge in [0.25, 0.3) is 11.8 Å². The molecular weight excluding hydrogens is 548 g/mol. The van der Waals surface area contributed by atoms with Crippen LogP contribution in [-0.2, 0) is 16.2 Å². The van der Waals surface area contributed by atoms with Crippen molar-refractivity contribution in [2.45, 2.75) is 20.5 Å². The maximum atomic E-state index is 13.3. The molecule has 0 unspecified atom stereocenters. The number of nitrogens with zero attached hydrogens (tertiary/aromatic N) is 1. The summed E-state index contributed by atoms with van der Waals surface area (Å²) in [6.45, 7) is 4.24. The van der Waals surface area contributed by atoms with Crippen LogP contribution in [0.2, 0.25) is 5.02 Å². The number of ether oxygens (including phenoxy) is 2. The summed E-state index contributed by atoms with van der Waals surface area (Å²) in [6.07, 6.45) is 1.41. The summed E-state index contributed by atoms with van der Waals surface area (Å²) in [5.41, 5.74) is 2.12. The Balaban J connectivity index is 1.69. The molecule has 0 atom stereocenters. The number of hydrogen-bond donors (Lipinski definition) is 1. The molecule has 3 aromatic rings. The first kappa shape index (κ1) is 25.5. The van der Waals surface area contributed by atoms with Crippen LogP contribution in [-0.4, -0.2) is 24.5 Å². The van der Waals surface area contributed by atoms with Crippen molar-refractivity contribution in [3.8, 4) is 11.5 Å². The van der Waals surface area contributed by atoms with Gasteiger partial charge in [-0.3, -0.25) is 14.9 Å². The Bertz CT molecular complexity index is 1370. The number of carbonyl (C=O) groups is 3. The van der Waals surface area contributed by atoms with Crippen LogP contribution in [0.25, 0.3) is 6.08 Å². The molecule has 0 aliphatic carbocycles. The minimum Gasteiger partial charge on any atom is -0.490 e. The second kappa shape index (κ2) is 11.0. The minimum absolute atomic E-state index is 0.207. The molecule has 4 amide bonds. The molecular formula is C27H22BrClN2O5. The topological polar surface area (TPSA) is 84.9 Å². The highest BCUT2D eigenvalue weighted by Gasteiger charge is 2.37. The summed E-state index contributed by atoms with van der Waals surface area (Å²) in [5.74, 6) is -0.613. The Labute approximate surface area is 221 Å². The molecule has 1 fully saturated rings. The fraction of sp³-hybridized carbons (Fsp3) is 0.148. The number of anilines is 1. The SMILES string of the molecule is CCOc1cc(/C=C2\C(=O)NC(=O)N(c3cccc(Cl)c3C)C2=O)cc(Br)c1OCc1ccccc1. The van der Waals surface area contributed by atoms with Crippen molar-refractivity contribution < 1.29 is 23.9 Å². The van der Waals surface area contributed by atoms with Crippen molar-refractivity contribution in [3.05, 3.63) is 92.4 Å². The molecule has 0 bridgehead atoms. The molecule has 4 rings (SSSR count). The van der Waals surface area contributed by atoms with Gasteiger partial charge in [-0.05, 0) is 76.8 Å². The zero-order chi connectivity index (χ0) is 25.8. The van der Waals surface area contributed by atoms with Gasteiger partial charge in [-0.1, -0.05) is 48.0 Å². The number of imide groups is 2. The third-order valence-electron chi connectivity index (χ3n) is 5.45. The maximum Gasteiger partial charge on any atom is 0.335 e. The predicted molar refractivity (Wildman–Crippen MR) is 141 cm³/mol. The molecule has 0 radical (unpaired) electrons. The quantitative estimate of drug-likeness (QED) is 0.276. The number of urea groups is 1. The van der Waals surface area contributed by atoms with Crippen LogP contribution in [0.4, 0.5) is 10.5 Å². The summed E-state index contributed by atoms with van der Waals surface area (Å²) in [7, 11) is 0. The van der Waals surface area contributed by atoms with Crippen LogP contribution < -0.4 is 19.7 Å². The average Bonchev–Trinajstić information content (AvgIpc) is 2.84.